The van der Waals surface area contributed by atoms with Crippen LogP contribution in [-0.4, -0.2) is 16.5 Å². The average molecular weight is 270 g/mol. The monoisotopic (exact) mass is 269 g/mol. The summed E-state index contributed by atoms with van der Waals surface area (Å²) >= 11 is 5.85. The summed E-state index contributed by atoms with van der Waals surface area (Å²) in [5.41, 5.74) is 0.439. The summed E-state index contributed by atoms with van der Waals surface area (Å²) < 4.78 is 26.0. The number of benzene rings is 1. The van der Waals surface area contributed by atoms with E-state index in [0.29, 0.717) is 29.4 Å². The van der Waals surface area contributed by atoms with Gasteiger partial charge in [0, 0.05) is 12.6 Å². The topological polar surface area (TPSA) is 37.8 Å². The lowest BCUT2D eigenvalue weighted by Crippen LogP contribution is -2.08. The van der Waals surface area contributed by atoms with Crippen LogP contribution >= 0.6 is 11.6 Å². The summed E-state index contributed by atoms with van der Waals surface area (Å²) in [5, 5.41) is 3.36. The smallest absolute Gasteiger partial charge is 0.148 e. The molecule has 0 fully saturated rings. The first-order chi connectivity index (χ1) is 8.66. The lowest BCUT2D eigenvalue weighted by molar-refractivity contribution is 0.572. The van der Waals surface area contributed by atoms with Crippen LogP contribution in [0.1, 0.15) is 5.56 Å². The minimum Gasteiger partial charge on any atom is -0.368 e. The van der Waals surface area contributed by atoms with Crippen LogP contribution in [0.4, 0.5) is 14.6 Å². The van der Waals surface area contributed by atoms with Crippen LogP contribution in [0.25, 0.3) is 0 Å². The Bertz CT molecular complexity index is 549. The Kier molecular flexibility index (Phi) is 4.04. The van der Waals surface area contributed by atoms with Gasteiger partial charge in [-0.25, -0.2) is 18.7 Å². The molecule has 0 bridgehead atoms. The SMILES string of the molecule is Fc1ccc(CCNc2ncncc2Cl)c(F)c1. The molecule has 1 aromatic heterocycles. The molecule has 94 valence electrons. The summed E-state index contributed by atoms with van der Waals surface area (Å²) in [6, 6.07) is 3.52. The van der Waals surface area contributed by atoms with E-state index in [9.17, 15) is 8.78 Å². The molecule has 0 aliphatic heterocycles. The average Bonchev–Trinajstić information content (AvgIpc) is 2.34. The van der Waals surface area contributed by atoms with Crippen LogP contribution < -0.4 is 5.32 Å². The zero-order chi connectivity index (χ0) is 13.0. The van der Waals surface area contributed by atoms with Gasteiger partial charge in [0.1, 0.15) is 28.8 Å². The highest BCUT2D eigenvalue weighted by atomic mass is 35.5. The number of aromatic nitrogens is 2. The molecule has 1 heterocycles. The maximum Gasteiger partial charge on any atom is 0.148 e. The molecule has 0 aliphatic rings. The first-order valence-electron chi connectivity index (χ1n) is 5.30. The van der Waals surface area contributed by atoms with Crippen molar-refractivity contribution < 1.29 is 8.78 Å². The van der Waals surface area contributed by atoms with E-state index in [1.54, 1.807) is 0 Å². The number of hydrogen-bond donors (Lipinski definition) is 1. The zero-order valence-corrected chi connectivity index (χ0v) is 10.1. The van der Waals surface area contributed by atoms with Gasteiger partial charge in [-0.3, -0.25) is 0 Å². The van der Waals surface area contributed by atoms with E-state index in [4.69, 9.17) is 11.6 Å². The van der Waals surface area contributed by atoms with E-state index < -0.39 is 11.6 Å². The van der Waals surface area contributed by atoms with E-state index in [2.05, 4.69) is 15.3 Å². The highest BCUT2D eigenvalue weighted by molar-refractivity contribution is 6.32. The van der Waals surface area contributed by atoms with Gasteiger partial charge in [0.15, 0.2) is 0 Å². The number of hydrogen-bond acceptors (Lipinski definition) is 3. The molecule has 18 heavy (non-hydrogen) atoms. The van der Waals surface area contributed by atoms with E-state index in [1.165, 1.54) is 24.7 Å². The molecule has 0 radical (unpaired) electrons. The highest BCUT2D eigenvalue weighted by Crippen LogP contribution is 2.16. The Morgan fingerprint density at radius 3 is 2.83 bits per heavy atom. The molecule has 6 heteroatoms. The minimum absolute atomic E-state index is 0.400. The second-order valence-corrected chi connectivity index (χ2v) is 4.04. The summed E-state index contributed by atoms with van der Waals surface area (Å²) in [7, 11) is 0. The van der Waals surface area contributed by atoms with Crippen molar-refractivity contribution in [3.8, 4) is 0 Å². The molecule has 1 N–H and O–H groups in total. The molecule has 0 unspecified atom stereocenters. The van der Waals surface area contributed by atoms with Gasteiger partial charge >= 0.3 is 0 Å². The number of anilines is 1. The molecule has 3 nitrogen and oxygen atoms in total. The van der Waals surface area contributed by atoms with Crippen LogP contribution in [-0.2, 0) is 6.42 Å². The largest absolute Gasteiger partial charge is 0.368 e. The summed E-state index contributed by atoms with van der Waals surface area (Å²) in [6.45, 7) is 0.444. The standard InChI is InChI=1S/C12H10ClF2N3/c13-10-6-16-7-18-12(10)17-4-3-8-1-2-9(14)5-11(8)15/h1-2,5-7H,3-4H2,(H,16,17,18). The van der Waals surface area contributed by atoms with Gasteiger partial charge in [-0.2, -0.15) is 0 Å². The van der Waals surface area contributed by atoms with E-state index >= 15 is 0 Å². The van der Waals surface area contributed by atoms with Crippen LogP contribution in [0, 0.1) is 11.6 Å². The van der Waals surface area contributed by atoms with Crippen molar-refractivity contribution in [2.24, 2.45) is 0 Å². The normalized spacial score (nSPS) is 10.4. The third-order valence-corrected chi connectivity index (χ3v) is 2.65. The second-order valence-electron chi connectivity index (χ2n) is 3.63. The van der Waals surface area contributed by atoms with Gasteiger partial charge < -0.3 is 5.32 Å². The molecule has 0 saturated carbocycles. The molecular formula is C12H10ClF2N3. The fourth-order valence-corrected chi connectivity index (χ4v) is 1.65. The molecule has 0 amide bonds. The Morgan fingerprint density at radius 2 is 2.11 bits per heavy atom. The fraction of sp³-hybridized carbons (Fsp3) is 0.167. The number of nitrogens with zero attached hydrogens (tertiary/aromatic N) is 2. The van der Waals surface area contributed by atoms with Gasteiger partial charge in [0.25, 0.3) is 0 Å². The predicted octanol–water partition coefficient (Wildman–Crippen LogP) is 3.06. The lowest BCUT2D eigenvalue weighted by atomic mass is 10.1. The molecular weight excluding hydrogens is 260 g/mol. The van der Waals surface area contributed by atoms with Crippen LogP contribution in [0.5, 0.6) is 0 Å². The van der Waals surface area contributed by atoms with Crippen molar-refractivity contribution in [2.75, 3.05) is 11.9 Å². The number of rotatable bonds is 4. The molecule has 0 saturated heterocycles. The van der Waals surface area contributed by atoms with Crippen molar-refractivity contribution in [1.29, 1.82) is 0 Å². The number of halogens is 3. The predicted molar refractivity (Wildman–Crippen MR) is 65.6 cm³/mol. The lowest BCUT2D eigenvalue weighted by Gasteiger charge is -2.07. The zero-order valence-electron chi connectivity index (χ0n) is 9.33. The van der Waals surface area contributed by atoms with Crippen LogP contribution in [0.15, 0.2) is 30.7 Å². The van der Waals surface area contributed by atoms with Gasteiger partial charge in [-0.15, -0.1) is 0 Å². The van der Waals surface area contributed by atoms with Crippen molar-refractivity contribution in [3.63, 3.8) is 0 Å². The highest BCUT2D eigenvalue weighted by Gasteiger charge is 2.04. The molecule has 1 aromatic carbocycles. The quantitative estimate of drug-likeness (QED) is 0.927. The second kappa shape index (κ2) is 5.73. The van der Waals surface area contributed by atoms with Crippen LogP contribution in [0.2, 0.25) is 5.02 Å². The van der Waals surface area contributed by atoms with Crippen molar-refractivity contribution >= 4 is 17.4 Å². The Morgan fingerprint density at radius 1 is 1.28 bits per heavy atom. The molecule has 2 rings (SSSR count). The summed E-state index contributed by atoms with van der Waals surface area (Å²) in [5.74, 6) is -0.636. The van der Waals surface area contributed by atoms with E-state index in [-0.39, 0.29) is 0 Å². The maximum atomic E-state index is 13.3. The Balaban J connectivity index is 1.95. The van der Waals surface area contributed by atoms with Gasteiger partial charge in [0.2, 0.25) is 0 Å². The van der Waals surface area contributed by atoms with Crippen molar-refractivity contribution in [2.45, 2.75) is 6.42 Å². The molecule has 0 atom stereocenters. The van der Waals surface area contributed by atoms with Crippen molar-refractivity contribution in [1.82, 2.24) is 9.97 Å². The molecule has 0 spiro atoms. The number of nitrogens with one attached hydrogen (secondary N) is 1. The minimum atomic E-state index is -0.581. The third kappa shape index (κ3) is 3.13. The first kappa shape index (κ1) is 12.7. The Labute approximate surface area is 108 Å². The van der Waals surface area contributed by atoms with E-state index in [1.807, 2.05) is 0 Å². The Hall–Kier alpha value is -1.75. The maximum absolute atomic E-state index is 13.3. The van der Waals surface area contributed by atoms with Gasteiger partial charge in [0.05, 0.1) is 6.20 Å². The van der Waals surface area contributed by atoms with Crippen molar-refractivity contribution in [3.05, 3.63) is 52.9 Å². The summed E-state index contributed by atoms with van der Waals surface area (Å²) in [4.78, 5) is 7.69. The molecule has 2 aromatic rings. The van der Waals surface area contributed by atoms with Crippen LogP contribution in [0.3, 0.4) is 0 Å². The van der Waals surface area contributed by atoms with Gasteiger partial charge in [-0.1, -0.05) is 17.7 Å². The third-order valence-electron chi connectivity index (χ3n) is 2.37. The summed E-state index contributed by atoms with van der Waals surface area (Å²) in [6.07, 6.45) is 3.24. The van der Waals surface area contributed by atoms with E-state index in [0.717, 1.165) is 6.07 Å². The first-order valence-corrected chi connectivity index (χ1v) is 5.68. The van der Waals surface area contributed by atoms with Gasteiger partial charge in [-0.05, 0) is 18.1 Å². The molecule has 0 aliphatic carbocycles. The fourth-order valence-electron chi connectivity index (χ4n) is 1.48.